The molecule has 3 rings (SSSR count). The van der Waals surface area contributed by atoms with Crippen molar-refractivity contribution in [2.45, 2.75) is 0 Å². The van der Waals surface area contributed by atoms with Crippen LogP contribution >= 0.6 is 59.1 Å². The maximum atomic E-state index is 12.4. The molecule has 0 aliphatic rings. The highest BCUT2D eigenvalue weighted by atomic mass is 79.9. The van der Waals surface area contributed by atoms with E-state index >= 15 is 0 Å². The van der Waals surface area contributed by atoms with Gasteiger partial charge in [-0.15, -0.1) is 11.3 Å². The summed E-state index contributed by atoms with van der Waals surface area (Å²) in [4.78, 5) is 13.0. The standard InChI is InChI=1S/C15H8Br3NOS/c16-10-5-6-12(9-4-2-1-3-8(9)10)19-15(20)13-7-11(17)14(18)21-13/h1-7H,(H,19,20). The number of rotatable bonds is 2. The molecule has 2 aromatic carbocycles. The van der Waals surface area contributed by atoms with Gasteiger partial charge in [0.1, 0.15) is 0 Å². The van der Waals surface area contributed by atoms with E-state index in [1.54, 1.807) is 0 Å². The van der Waals surface area contributed by atoms with Crippen molar-refractivity contribution in [3.63, 3.8) is 0 Å². The van der Waals surface area contributed by atoms with E-state index in [-0.39, 0.29) is 5.91 Å². The molecule has 21 heavy (non-hydrogen) atoms. The molecular weight excluding hydrogens is 482 g/mol. The maximum Gasteiger partial charge on any atom is 0.265 e. The van der Waals surface area contributed by atoms with Crippen LogP contribution in [0.1, 0.15) is 9.67 Å². The lowest BCUT2D eigenvalue weighted by atomic mass is 10.1. The van der Waals surface area contributed by atoms with Gasteiger partial charge < -0.3 is 5.32 Å². The van der Waals surface area contributed by atoms with Crippen LogP contribution in [-0.2, 0) is 0 Å². The first kappa shape index (κ1) is 15.2. The summed E-state index contributed by atoms with van der Waals surface area (Å²) in [6.07, 6.45) is 0. The highest BCUT2D eigenvalue weighted by molar-refractivity contribution is 9.13. The molecule has 0 radical (unpaired) electrons. The molecule has 0 saturated carbocycles. The van der Waals surface area contributed by atoms with Crippen LogP contribution in [-0.4, -0.2) is 5.91 Å². The van der Waals surface area contributed by atoms with Crippen LogP contribution in [0, 0.1) is 0 Å². The van der Waals surface area contributed by atoms with Gasteiger partial charge in [-0.05, 0) is 55.4 Å². The monoisotopic (exact) mass is 487 g/mol. The Balaban J connectivity index is 1.98. The Hall–Kier alpha value is -0.690. The van der Waals surface area contributed by atoms with Crippen molar-refractivity contribution in [3.8, 4) is 0 Å². The third kappa shape index (κ3) is 3.08. The highest BCUT2D eigenvalue weighted by Gasteiger charge is 2.13. The van der Waals surface area contributed by atoms with Crippen LogP contribution < -0.4 is 5.32 Å². The molecule has 0 atom stereocenters. The Morgan fingerprint density at radius 2 is 1.67 bits per heavy atom. The summed E-state index contributed by atoms with van der Waals surface area (Å²) in [5.41, 5.74) is 0.805. The zero-order valence-electron chi connectivity index (χ0n) is 10.5. The van der Waals surface area contributed by atoms with E-state index in [0.717, 1.165) is 29.2 Å². The van der Waals surface area contributed by atoms with E-state index in [4.69, 9.17) is 0 Å². The topological polar surface area (TPSA) is 29.1 Å². The molecular formula is C15H8Br3NOS. The third-order valence-corrected chi connectivity index (χ3v) is 6.93. The Morgan fingerprint density at radius 3 is 2.33 bits per heavy atom. The van der Waals surface area contributed by atoms with Gasteiger partial charge in [0.25, 0.3) is 5.91 Å². The predicted octanol–water partition coefficient (Wildman–Crippen LogP) is 6.44. The van der Waals surface area contributed by atoms with E-state index in [1.807, 2.05) is 42.5 Å². The second kappa shape index (κ2) is 6.20. The maximum absolute atomic E-state index is 12.4. The van der Waals surface area contributed by atoms with Crippen LogP contribution in [0.15, 0.2) is 55.2 Å². The number of anilines is 1. The summed E-state index contributed by atoms with van der Waals surface area (Å²) in [6, 6.07) is 13.6. The fourth-order valence-corrected chi connectivity index (χ4v) is 4.42. The minimum absolute atomic E-state index is 0.112. The Morgan fingerprint density at radius 1 is 0.952 bits per heavy atom. The number of hydrogen-bond acceptors (Lipinski definition) is 2. The molecule has 106 valence electrons. The molecule has 0 unspecified atom stereocenters. The summed E-state index contributed by atoms with van der Waals surface area (Å²) in [6.45, 7) is 0. The molecule has 1 N–H and O–H groups in total. The van der Waals surface area contributed by atoms with Crippen LogP contribution in [0.2, 0.25) is 0 Å². The molecule has 3 aromatic rings. The molecule has 0 spiro atoms. The number of benzene rings is 2. The van der Waals surface area contributed by atoms with E-state index in [2.05, 4.69) is 53.1 Å². The van der Waals surface area contributed by atoms with Crippen LogP contribution in [0.25, 0.3) is 10.8 Å². The summed E-state index contributed by atoms with van der Waals surface area (Å²) in [5.74, 6) is -0.112. The molecule has 2 nitrogen and oxygen atoms in total. The number of carbonyl (C=O) groups is 1. The summed E-state index contributed by atoms with van der Waals surface area (Å²) < 4.78 is 2.81. The van der Waals surface area contributed by atoms with Gasteiger partial charge in [-0.1, -0.05) is 40.2 Å². The van der Waals surface area contributed by atoms with E-state index < -0.39 is 0 Å². The smallest absolute Gasteiger partial charge is 0.265 e. The zero-order valence-corrected chi connectivity index (χ0v) is 16.1. The number of hydrogen-bond donors (Lipinski definition) is 1. The van der Waals surface area contributed by atoms with Crippen molar-refractivity contribution < 1.29 is 4.79 Å². The molecule has 0 aliphatic carbocycles. The molecule has 6 heteroatoms. The molecule has 1 amide bonds. The van der Waals surface area contributed by atoms with Gasteiger partial charge in [0, 0.05) is 20.0 Å². The Kier molecular flexibility index (Phi) is 4.49. The summed E-state index contributed by atoms with van der Waals surface area (Å²) in [7, 11) is 0. The van der Waals surface area contributed by atoms with Crippen LogP contribution in [0.3, 0.4) is 0 Å². The fraction of sp³-hybridized carbons (Fsp3) is 0. The number of amides is 1. The van der Waals surface area contributed by atoms with Gasteiger partial charge in [0.15, 0.2) is 0 Å². The normalized spacial score (nSPS) is 10.8. The predicted molar refractivity (Wildman–Crippen MR) is 99.3 cm³/mol. The Bertz CT molecular complexity index is 825. The minimum Gasteiger partial charge on any atom is -0.321 e. The fourth-order valence-electron chi connectivity index (χ4n) is 2.01. The quantitative estimate of drug-likeness (QED) is 0.441. The van der Waals surface area contributed by atoms with Crippen molar-refractivity contribution in [1.82, 2.24) is 0 Å². The van der Waals surface area contributed by atoms with Gasteiger partial charge in [-0.2, -0.15) is 0 Å². The second-order valence-corrected chi connectivity index (χ2v) is 8.41. The molecule has 0 bridgehead atoms. The highest BCUT2D eigenvalue weighted by Crippen LogP contribution is 2.34. The lowest BCUT2D eigenvalue weighted by molar-refractivity contribution is 0.103. The lowest BCUT2D eigenvalue weighted by Crippen LogP contribution is -2.10. The lowest BCUT2D eigenvalue weighted by Gasteiger charge is -2.09. The van der Waals surface area contributed by atoms with Crippen molar-refractivity contribution in [3.05, 3.63) is 60.1 Å². The first-order chi connectivity index (χ1) is 10.1. The third-order valence-electron chi connectivity index (χ3n) is 2.99. The molecule has 0 fully saturated rings. The molecule has 1 aromatic heterocycles. The Labute approximate surface area is 150 Å². The van der Waals surface area contributed by atoms with Crippen LogP contribution in [0.4, 0.5) is 5.69 Å². The van der Waals surface area contributed by atoms with Gasteiger partial charge >= 0.3 is 0 Å². The SMILES string of the molecule is O=C(Nc1ccc(Br)c2ccccc12)c1cc(Br)c(Br)s1. The van der Waals surface area contributed by atoms with Crippen molar-refractivity contribution in [1.29, 1.82) is 0 Å². The number of carbonyl (C=O) groups excluding carboxylic acids is 1. The summed E-state index contributed by atoms with van der Waals surface area (Å²) >= 11 is 11.7. The van der Waals surface area contributed by atoms with Gasteiger partial charge in [0.2, 0.25) is 0 Å². The van der Waals surface area contributed by atoms with E-state index in [0.29, 0.717) is 4.88 Å². The largest absolute Gasteiger partial charge is 0.321 e. The average molecular weight is 490 g/mol. The molecule has 1 heterocycles. The molecule has 0 saturated heterocycles. The average Bonchev–Trinajstić information content (AvgIpc) is 2.82. The second-order valence-electron chi connectivity index (χ2n) is 4.33. The van der Waals surface area contributed by atoms with E-state index in [1.165, 1.54) is 11.3 Å². The summed E-state index contributed by atoms with van der Waals surface area (Å²) in [5, 5.41) is 5.06. The van der Waals surface area contributed by atoms with Gasteiger partial charge in [0.05, 0.1) is 8.66 Å². The van der Waals surface area contributed by atoms with Gasteiger partial charge in [-0.3, -0.25) is 4.79 Å². The van der Waals surface area contributed by atoms with Crippen molar-refractivity contribution in [2.24, 2.45) is 0 Å². The van der Waals surface area contributed by atoms with E-state index in [9.17, 15) is 4.79 Å². The zero-order chi connectivity index (χ0) is 15.0. The van der Waals surface area contributed by atoms with Crippen molar-refractivity contribution in [2.75, 3.05) is 5.32 Å². The first-order valence-electron chi connectivity index (χ1n) is 5.99. The van der Waals surface area contributed by atoms with Gasteiger partial charge in [-0.25, -0.2) is 0 Å². The minimum atomic E-state index is -0.112. The number of halogens is 3. The van der Waals surface area contributed by atoms with Crippen LogP contribution in [0.5, 0.6) is 0 Å². The molecule has 0 aliphatic heterocycles. The number of fused-ring (bicyclic) bond motifs is 1. The first-order valence-corrected chi connectivity index (χ1v) is 9.19. The number of thiophene rings is 1. The number of nitrogens with one attached hydrogen (secondary N) is 1. The van der Waals surface area contributed by atoms with Crippen molar-refractivity contribution >= 4 is 81.5 Å².